The lowest BCUT2D eigenvalue weighted by atomic mass is 10.0. The van der Waals surface area contributed by atoms with Crippen molar-refractivity contribution < 1.29 is 0 Å². The standard InChI is InChI=1S/C16H31NSi2/c1-11(2)15-13(5)10-14-16(15)19(8,9)17(12(3)4)18(14,6)7/h10,12-13,16H,1-9H3. The Morgan fingerprint density at radius 2 is 1.68 bits per heavy atom. The number of hydrogen-bond acceptors (Lipinski definition) is 1. The van der Waals surface area contributed by atoms with Gasteiger partial charge in [0, 0.05) is 5.54 Å². The summed E-state index contributed by atoms with van der Waals surface area (Å²) in [4.78, 5) is 0. The van der Waals surface area contributed by atoms with E-state index in [0.29, 0.717) is 12.0 Å². The summed E-state index contributed by atoms with van der Waals surface area (Å²) >= 11 is 0. The van der Waals surface area contributed by atoms with Crippen molar-refractivity contribution in [3.05, 3.63) is 22.4 Å². The summed E-state index contributed by atoms with van der Waals surface area (Å²) in [5, 5.41) is 1.85. The van der Waals surface area contributed by atoms with Gasteiger partial charge < -0.3 is 4.23 Å². The molecule has 3 heteroatoms. The molecule has 19 heavy (non-hydrogen) atoms. The molecule has 2 unspecified atom stereocenters. The third-order valence-electron chi connectivity index (χ3n) is 5.27. The fourth-order valence-corrected chi connectivity index (χ4v) is 20.8. The van der Waals surface area contributed by atoms with Gasteiger partial charge in [-0.2, -0.15) is 0 Å². The summed E-state index contributed by atoms with van der Waals surface area (Å²) in [6.45, 7) is 22.2. The van der Waals surface area contributed by atoms with Gasteiger partial charge in [-0.3, -0.25) is 0 Å². The highest BCUT2D eigenvalue weighted by Gasteiger charge is 2.61. The summed E-state index contributed by atoms with van der Waals surface area (Å²) in [7, 11) is -2.80. The van der Waals surface area contributed by atoms with Crippen LogP contribution in [0.1, 0.15) is 34.6 Å². The van der Waals surface area contributed by atoms with Gasteiger partial charge in [0.25, 0.3) is 0 Å². The highest BCUT2D eigenvalue weighted by Crippen LogP contribution is 2.58. The molecule has 2 aliphatic rings. The number of rotatable bonds is 1. The Morgan fingerprint density at radius 1 is 1.16 bits per heavy atom. The van der Waals surface area contributed by atoms with E-state index >= 15 is 0 Å². The minimum atomic E-state index is -1.41. The van der Waals surface area contributed by atoms with Crippen molar-refractivity contribution in [3.63, 3.8) is 0 Å². The SMILES string of the molecule is CC(C)=C1C(C)C=C2C1[Si](C)(C)N(C(C)C)[Si]2(C)C. The zero-order valence-electron chi connectivity index (χ0n) is 14.3. The van der Waals surface area contributed by atoms with Crippen LogP contribution in [0.15, 0.2) is 22.4 Å². The van der Waals surface area contributed by atoms with Crippen molar-refractivity contribution in [3.8, 4) is 0 Å². The Morgan fingerprint density at radius 3 is 2.11 bits per heavy atom. The Bertz CT molecular complexity index is 453. The normalized spacial score (nSPS) is 32.7. The van der Waals surface area contributed by atoms with Gasteiger partial charge in [0.2, 0.25) is 0 Å². The van der Waals surface area contributed by atoms with Crippen LogP contribution >= 0.6 is 0 Å². The van der Waals surface area contributed by atoms with E-state index in [2.05, 4.69) is 71.1 Å². The number of nitrogens with zero attached hydrogens (tertiary/aromatic N) is 1. The van der Waals surface area contributed by atoms with E-state index in [9.17, 15) is 0 Å². The Balaban J connectivity index is 2.64. The molecular weight excluding hydrogens is 262 g/mol. The van der Waals surface area contributed by atoms with E-state index in [4.69, 9.17) is 0 Å². The first-order chi connectivity index (χ1) is 8.52. The summed E-state index contributed by atoms with van der Waals surface area (Å²) in [6, 6.07) is 0.698. The summed E-state index contributed by atoms with van der Waals surface area (Å²) < 4.78 is 2.99. The predicted octanol–water partition coefficient (Wildman–Crippen LogP) is 4.94. The van der Waals surface area contributed by atoms with Crippen molar-refractivity contribution in [2.75, 3.05) is 0 Å². The Hall–Kier alpha value is -0.126. The van der Waals surface area contributed by atoms with Crippen molar-refractivity contribution in [2.45, 2.75) is 72.4 Å². The lowest BCUT2D eigenvalue weighted by Gasteiger charge is -2.44. The van der Waals surface area contributed by atoms with Crippen LogP contribution in [0.25, 0.3) is 0 Å². The molecule has 0 radical (unpaired) electrons. The predicted molar refractivity (Wildman–Crippen MR) is 91.3 cm³/mol. The van der Waals surface area contributed by atoms with Crippen LogP contribution in [-0.2, 0) is 0 Å². The zero-order valence-corrected chi connectivity index (χ0v) is 16.3. The molecule has 1 heterocycles. The lowest BCUT2D eigenvalue weighted by molar-refractivity contribution is 0.513. The van der Waals surface area contributed by atoms with Crippen molar-refractivity contribution in [1.29, 1.82) is 0 Å². The first-order valence-corrected chi connectivity index (χ1v) is 13.7. The van der Waals surface area contributed by atoms with Crippen LogP contribution in [0, 0.1) is 5.92 Å². The second-order valence-electron chi connectivity index (χ2n) is 7.98. The topological polar surface area (TPSA) is 3.24 Å². The van der Waals surface area contributed by atoms with Crippen LogP contribution in [0.4, 0.5) is 0 Å². The molecule has 1 aliphatic heterocycles. The first-order valence-electron chi connectivity index (χ1n) is 7.71. The minimum absolute atomic E-state index is 0.679. The molecule has 0 aromatic heterocycles. The lowest BCUT2D eigenvalue weighted by Crippen LogP contribution is -2.59. The van der Waals surface area contributed by atoms with Gasteiger partial charge in [0.05, 0.1) is 0 Å². The third-order valence-corrected chi connectivity index (χ3v) is 16.3. The quantitative estimate of drug-likeness (QED) is 0.489. The summed E-state index contributed by atoms with van der Waals surface area (Å²) in [5.74, 6) is 0.679. The molecule has 0 spiro atoms. The van der Waals surface area contributed by atoms with Crippen LogP contribution in [-0.4, -0.2) is 26.7 Å². The van der Waals surface area contributed by atoms with E-state index in [1.54, 1.807) is 11.1 Å². The van der Waals surface area contributed by atoms with Gasteiger partial charge >= 0.3 is 0 Å². The minimum Gasteiger partial charge on any atom is -0.339 e. The average molecular weight is 294 g/mol. The third kappa shape index (κ3) is 1.97. The van der Waals surface area contributed by atoms with Gasteiger partial charge in [-0.1, -0.05) is 69.4 Å². The molecule has 1 saturated heterocycles. The molecule has 0 bridgehead atoms. The largest absolute Gasteiger partial charge is 0.339 e. The molecule has 2 atom stereocenters. The van der Waals surface area contributed by atoms with Gasteiger partial charge in [0.1, 0.15) is 16.5 Å². The van der Waals surface area contributed by atoms with Gasteiger partial charge in [-0.25, -0.2) is 0 Å². The maximum atomic E-state index is 2.99. The second kappa shape index (κ2) is 4.44. The van der Waals surface area contributed by atoms with E-state index < -0.39 is 16.5 Å². The maximum Gasteiger partial charge on any atom is 0.143 e. The van der Waals surface area contributed by atoms with Crippen molar-refractivity contribution in [1.82, 2.24) is 4.23 Å². The van der Waals surface area contributed by atoms with Crippen molar-refractivity contribution >= 4 is 16.5 Å². The number of fused-ring (bicyclic) bond motifs is 1. The van der Waals surface area contributed by atoms with Gasteiger partial charge in [-0.15, -0.1) is 0 Å². The molecule has 0 aromatic rings. The maximum absolute atomic E-state index is 2.99. The monoisotopic (exact) mass is 293 g/mol. The molecule has 0 aromatic carbocycles. The molecule has 108 valence electrons. The zero-order chi connectivity index (χ0) is 14.7. The van der Waals surface area contributed by atoms with Crippen LogP contribution in [0.5, 0.6) is 0 Å². The fraction of sp³-hybridized carbons (Fsp3) is 0.750. The van der Waals surface area contributed by atoms with E-state index in [1.807, 2.05) is 5.20 Å². The fourth-order valence-electron chi connectivity index (χ4n) is 5.26. The van der Waals surface area contributed by atoms with Gasteiger partial charge in [-0.05, 0) is 25.8 Å². The first kappa shape index (κ1) is 15.3. The molecule has 0 N–H and O–H groups in total. The second-order valence-corrected chi connectivity index (χ2v) is 17.0. The molecule has 0 amide bonds. The van der Waals surface area contributed by atoms with Gasteiger partial charge in [0.15, 0.2) is 0 Å². The van der Waals surface area contributed by atoms with Crippen molar-refractivity contribution in [2.24, 2.45) is 5.92 Å². The molecule has 1 fully saturated rings. The molecule has 1 aliphatic carbocycles. The van der Waals surface area contributed by atoms with E-state index in [-0.39, 0.29) is 0 Å². The summed E-state index contributed by atoms with van der Waals surface area (Å²) in [5.41, 5.74) is 4.13. The van der Waals surface area contributed by atoms with E-state index in [1.165, 1.54) is 0 Å². The average Bonchev–Trinajstić information content (AvgIpc) is 2.60. The highest BCUT2D eigenvalue weighted by molar-refractivity contribution is 7.01. The molecule has 1 nitrogen and oxygen atoms in total. The van der Waals surface area contributed by atoms with Crippen LogP contribution in [0.2, 0.25) is 31.7 Å². The molecule has 0 saturated carbocycles. The molecule has 2 rings (SSSR count). The Kier molecular flexibility index (Phi) is 3.56. The summed E-state index contributed by atoms with van der Waals surface area (Å²) in [6.07, 6.45) is 2.64. The number of hydrogen-bond donors (Lipinski definition) is 0. The molecular formula is C16H31NSi2. The Labute approximate surface area is 122 Å². The highest BCUT2D eigenvalue weighted by atomic mass is 28.4. The number of allylic oxidation sites excluding steroid dienone is 4. The smallest absolute Gasteiger partial charge is 0.143 e. The van der Waals surface area contributed by atoms with Crippen LogP contribution in [0.3, 0.4) is 0 Å². The van der Waals surface area contributed by atoms with E-state index in [0.717, 1.165) is 5.54 Å². The van der Waals surface area contributed by atoms with Crippen LogP contribution < -0.4 is 0 Å².